The van der Waals surface area contributed by atoms with Crippen molar-refractivity contribution in [3.8, 4) is 0 Å². The van der Waals surface area contributed by atoms with Crippen molar-refractivity contribution in [2.45, 2.75) is 19.4 Å². The van der Waals surface area contributed by atoms with Gasteiger partial charge >= 0.3 is 6.03 Å². The van der Waals surface area contributed by atoms with Crippen LogP contribution < -0.4 is 28.5 Å². The summed E-state index contributed by atoms with van der Waals surface area (Å²) in [6.45, 7) is 4.18. The Morgan fingerprint density at radius 2 is 2.29 bits per heavy atom. The van der Waals surface area contributed by atoms with Crippen LogP contribution in [0.2, 0.25) is 0 Å². The lowest BCUT2D eigenvalue weighted by molar-refractivity contribution is -0.670. The third-order valence-electron chi connectivity index (χ3n) is 2.71. The molecule has 1 aromatic heterocycles. The van der Waals surface area contributed by atoms with Gasteiger partial charge in [-0.1, -0.05) is 0 Å². The van der Waals surface area contributed by atoms with Crippen molar-refractivity contribution in [3.05, 3.63) is 18.7 Å². The molecule has 0 spiro atoms. The smallest absolute Gasteiger partial charge is 0.415 e. The minimum absolute atomic E-state index is 0. The van der Waals surface area contributed by atoms with E-state index in [1.807, 2.05) is 29.6 Å². The molecule has 1 saturated heterocycles. The largest absolute Gasteiger partial charge is 1.00 e. The summed E-state index contributed by atoms with van der Waals surface area (Å²) in [5, 5.41) is 0. The van der Waals surface area contributed by atoms with Crippen molar-refractivity contribution in [2.24, 2.45) is 7.05 Å². The van der Waals surface area contributed by atoms with Gasteiger partial charge in [0.2, 0.25) is 0 Å². The van der Waals surface area contributed by atoms with E-state index in [9.17, 15) is 4.79 Å². The van der Waals surface area contributed by atoms with E-state index in [-0.39, 0.29) is 36.1 Å². The highest BCUT2D eigenvalue weighted by Gasteiger charge is 2.24. The fourth-order valence-electron chi connectivity index (χ4n) is 1.89. The van der Waals surface area contributed by atoms with Crippen LogP contribution in [0.25, 0.3) is 0 Å². The van der Waals surface area contributed by atoms with Crippen LogP contribution in [0.1, 0.15) is 13.3 Å². The van der Waals surface area contributed by atoms with Gasteiger partial charge in [0.25, 0.3) is 6.33 Å². The molecule has 0 bridgehead atoms. The highest BCUT2D eigenvalue weighted by molar-refractivity contribution is 5.76. The number of ether oxygens (including phenoxy) is 1. The zero-order chi connectivity index (χ0) is 11.5. The topological polar surface area (TPSA) is 38.4 Å². The van der Waals surface area contributed by atoms with Crippen LogP contribution in [-0.4, -0.2) is 41.3 Å². The van der Waals surface area contributed by atoms with Crippen LogP contribution in [0.15, 0.2) is 18.7 Å². The van der Waals surface area contributed by atoms with Gasteiger partial charge in [-0.15, -0.1) is 0 Å². The van der Waals surface area contributed by atoms with E-state index < -0.39 is 0 Å². The van der Waals surface area contributed by atoms with Crippen molar-refractivity contribution in [2.75, 3.05) is 19.7 Å². The molecule has 1 aliphatic heterocycles. The number of carbonyl (C=O) groups is 1. The number of aromatic nitrogens is 2. The van der Waals surface area contributed by atoms with E-state index in [1.54, 1.807) is 17.1 Å². The number of hydrogen-bond donors (Lipinski definition) is 0. The summed E-state index contributed by atoms with van der Waals surface area (Å²) in [7, 11) is 1.90. The zero-order valence-corrected chi connectivity index (χ0v) is 12.3. The first-order valence-corrected chi connectivity index (χ1v) is 5.61. The predicted molar refractivity (Wildman–Crippen MR) is 58.0 cm³/mol. The number of hydrogen-bond acceptors (Lipinski definition) is 2. The zero-order valence-electron chi connectivity index (χ0n) is 10.2. The number of aryl methyl sites for hydroxylation is 1. The van der Waals surface area contributed by atoms with E-state index in [0.29, 0.717) is 6.54 Å². The van der Waals surface area contributed by atoms with Gasteiger partial charge in [0.15, 0.2) is 0 Å². The van der Waals surface area contributed by atoms with Crippen LogP contribution in [0.3, 0.4) is 0 Å². The average Bonchev–Trinajstić information content (AvgIpc) is 2.56. The van der Waals surface area contributed by atoms with E-state index >= 15 is 0 Å². The molecule has 17 heavy (non-hydrogen) atoms. The lowest BCUT2D eigenvalue weighted by atomic mass is 10.3. The highest BCUT2D eigenvalue weighted by atomic mass is 127. The quantitative estimate of drug-likeness (QED) is 0.380. The van der Waals surface area contributed by atoms with Gasteiger partial charge < -0.3 is 33.6 Å². The van der Waals surface area contributed by atoms with Crippen LogP contribution in [0.5, 0.6) is 0 Å². The van der Waals surface area contributed by atoms with Crippen LogP contribution in [-0.2, 0) is 11.8 Å². The lowest BCUT2D eigenvalue weighted by Gasteiger charge is -2.18. The SMILES string of the molecule is CC1CN(C(=O)n2cc[n+](C)c2)CCCO1.[I-]. The maximum Gasteiger partial charge on any atom is 0.415 e. The van der Waals surface area contributed by atoms with E-state index in [0.717, 1.165) is 19.6 Å². The normalized spacial score (nSPS) is 20.6. The molecular weight excluding hydrogens is 333 g/mol. The summed E-state index contributed by atoms with van der Waals surface area (Å²) >= 11 is 0. The number of imidazole rings is 1. The first-order valence-electron chi connectivity index (χ1n) is 5.61. The number of halogens is 1. The Morgan fingerprint density at radius 1 is 1.53 bits per heavy atom. The molecule has 2 heterocycles. The van der Waals surface area contributed by atoms with Crippen molar-refractivity contribution in [3.63, 3.8) is 0 Å². The van der Waals surface area contributed by atoms with Gasteiger partial charge in [0.1, 0.15) is 12.4 Å². The number of amides is 1. The van der Waals surface area contributed by atoms with Crippen LogP contribution in [0, 0.1) is 0 Å². The second-order valence-corrected chi connectivity index (χ2v) is 4.25. The van der Waals surface area contributed by atoms with Crippen molar-refractivity contribution < 1.29 is 38.1 Å². The molecule has 0 radical (unpaired) electrons. The monoisotopic (exact) mass is 351 g/mol. The standard InChI is InChI=1S/C11H18N3O2.HI/c1-10-8-13(4-3-7-16-10)11(15)14-6-5-12(2)9-14;/h5-6,9-10H,3-4,7-8H2,1-2H3;1H/q+1;/p-1. The van der Waals surface area contributed by atoms with Gasteiger partial charge in [0, 0.05) is 13.2 Å². The van der Waals surface area contributed by atoms with Crippen molar-refractivity contribution in [1.29, 1.82) is 0 Å². The molecule has 0 aliphatic carbocycles. The molecule has 0 saturated carbocycles. The van der Waals surface area contributed by atoms with Crippen LogP contribution >= 0.6 is 0 Å². The Balaban J connectivity index is 0.00000144. The second-order valence-electron chi connectivity index (χ2n) is 4.25. The number of nitrogens with zero attached hydrogens (tertiary/aromatic N) is 3. The third kappa shape index (κ3) is 3.67. The Bertz CT molecular complexity index is 381. The fourth-order valence-corrected chi connectivity index (χ4v) is 1.89. The van der Waals surface area contributed by atoms with Gasteiger partial charge in [0.05, 0.1) is 19.7 Å². The highest BCUT2D eigenvalue weighted by Crippen LogP contribution is 2.07. The molecule has 1 amide bonds. The Hall–Kier alpha value is -0.630. The Kier molecular flexibility index (Phi) is 5.38. The maximum absolute atomic E-state index is 12.1. The summed E-state index contributed by atoms with van der Waals surface area (Å²) in [6, 6.07) is 0.0259. The minimum Gasteiger partial charge on any atom is -1.00 e. The Morgan fingerprint density at radius 3 is 2.94 bits per heavy atom. The fraction of sp³-hybridized carbons (Fsp3) is 0.636. The van der Waals surface area contributed by atoms with Gasteiger partial charge in [-0.2, -0.15) is 4.57 Å². The lowest BCUT2D eigenvalue weighted by Crippen LogP contribution is -3.00. The van der Waals surface area contributed by atoms with Gasteiger partial charge in [-0.25, -0.2) is 9.36 Å². The minimum atomic E-state index is 0. The molecule has 1 aliphatic rings. The summed E-state index contributed by atoms with van der Waals surface area (Å²) in [5.41, 5.74) is 0. The maximum atomic E-state index is 12.1. The molecule has 2 rings (SSSR count). The summed E-state index contributed by atoms with van der Waals surface area (Å²) in [6.07, 6.45) is 6.44. The molecule has 0 N–H and O–H groups in total. The van der Waals surface area contributed by atoms with Crippen molar-refractivity contribution in [1.82, 2.24) is 9.47 Å². The molecule has 1 fully saturated rings. The molecule has 1 atom stereocenters. The first kappa shape index (κ1) is 14.4. The van der Waals surface area contributed by atoms with Crippen LogP contribution in [0.4, 0.5) is 4.79 Å². The molecule has 1 unspecified atom stereocenters. The second kappa shape index (κ2) is 6.34. The molecule has 6 heteroatoms. The molecule has 1 aromatic rings. The van der Waals surface area contributed by atoms with E-state index in [1.165, 1.54) is 0 Å². The average molecular weight is 351 g/mol. The van der Waals surface area contributed by atoms with E-state index in [2.05, 4.69) is 0 Å². The first-order chi connectivity index (χ1) is 7.66. The third-order valence-corrected chi connectivity index (χ3v) is 2.71. The predicted octanol–water partition coefficient (Wildman–Crippen LogP) is -2.60. The summed E-state index contributed by atoms with van der Waals surface area (Å²) in [4.78, 5) is 14.0. The van der Waals surface area contributed by atoms with Gasteiger partial charge in [-0.3, -0.25) is 0 Å². The molecule has 0 aromatic carbocycles. The summed E-state index contributed by atoms with van der Waals surface area (Å²) < 4.78 is 8.98. The van der Waals surface area contributed by atoms with Gasteiger partial charge in [-0.05, 0) is 13.3 Å². The molecule has 5 nitrogen and oxygen atoms in total. The summed E-state index contributed by atoms with van der Waals surface area (Å²) in [5.74, 6) is 0. The Labute approximate surface area is 118 Å². The number of carbonyl (C=O) groups excluding carboxylic acids is 1. The van der Waals surface area contributed by atoms with Crippen molar-refractivity contribution >= 4 is 6.03 Å². The molecule has 96 valence electrons. The molecular formula is C11H18IN3O2. The number of rotatable bonds is 0. The van der Waals surface area contributed by atoms with E-state index in [4.69, 9.17) is 4.74 Å².